The summed E-state index contributed by atoms with van der Waals surface area (Å²) in [5.74, 6) is 1.17. The SMILES string of the molecule is O=C(Nc1ccc2c(c1)OCO2)c1cc2cc3ccccc3nc2s1. The molecule has 0 saturated heterocycles. The van der Waals surface area contributed by atoms with Gasteiger partial charge in [-0.1, -0.05) is 18.2 Å². The minimum Gasteiger partial charge on any atom is -0.454 e. The Labute approximate surface area is 146 Å². The number of aromatic nitrogens is 1. The summed E-state index contributed by atoms with van der Waals surface area (Å²) in [7, 11) is 0. The van der Waals surface area contributed by atoms with E-state index >= 15 is 0 Å². The van der Waals surface area contributed by atoms with Crippen LogP contribution in [0.2, 0.25) is 0 Å². The maximum absolute atomic E-state index is 12.6. The summed E-state index contributed by atoms with van der Waals surface area (Å²) in [6.45, 7) is 0.211. The molecule has 0 saturated carbocycles. The van der Waals surface area contributed by atoms with Crippen LogP contribution in [0.25, 0.3) is 21.1 Å². The number of hydrogen-bond acceptors (Lipinski definition) is 5. The van der Waals surface area contributed by atoms with Gasteiger partial charge < -0.3 is 14.8 Å². The fourth-order valence-electron chi connectivity index (χ4n) is 2.85. The number of fused-ring (bicyclic) bond motifs is 3. The van der Waals surface area contributed by atoms with E-state index in [-0.39, 0.29) is 12.7 Å². The van der Waals surface area contributed by atoms with Crippen molar-refractivity contribution >= 4 is 44.1 Å². The van der Waals surface area contributed by atoms with E-state index in [0.29, 0.717) is 22.1 Å². The Bertz CT molecular complexity index is 1080. The van der Waals surface area contributed by atoms with E-state index in [2.05, 4.69) is 16.4 Å². The summed E-state index contributed by atoms with van der Waals surface area (Å²) in [6.07, 6.45) is 0. The molecule has 0 aliphatic carbocycles. The highest BCUT2D eigenvalue weighted by Crippen LogP contribution is 2.34. The van der Waals surface area contributed by atoms with Crippen molar-refractivity contribution in [2.24, 2.45) is 0 Å². The molecule has 0 unspecified atom stereocenters. The lowest BCUT2D eigenvalue weighted by molar-refractivity contribution is 0.103. The third kappa shape index (κ3) is 2.47. The van der Waals surface area contributed by atoms with Gasteiger partial charge in [0.2, 0.25) is 6.79 Å². The molecule has 2 aromatic heterocycles. The Morgan fingerprint density at radius 3 is 2.84 bits per heavy atom. The standard InChI is InChI=1S/C19H12N2O3S/c22-18(20-13-5-6-15-16(9-13)24-10-23-15)17-8-12-7-11-3-1-2-4-14(11)21-19(12)25-17/h1-9H,10H2,(H,20,22). The van der Waals surface area contributed by atoms with Crippen LogP contribution in [-0.2, 0) is 0 Å². The summed E-state index contributed by atoms with van der Waals surface area (Å²) >= 11 is 1.39. The van der Waals surface area contributed by atoms with Crippen LogP contribution in [0.15, 0.2) is 54.6 Å². The van der Waals surface area contributed by atoms with Crippen molar-refractivity contribution < 1.29 is 14.3 Å². The highest BCUT2D eigenvalue weighted by molar-refractivity contribution is 7.20. The first kappa shape index (κ1) is 14.2. The molecule has 1 aliphatic heterocycles. The topological polar surface area (TPSA) is 60.5 Å². The Kier molecular flexibility index (Phi) is 3.11. The van der Waals surface area contributed by atoms with E-state index in [9.17, 15) is 4.79 Å². The third-order valence-electron chi connectivity index (χ3n) is 4.06. The first-order chi connectivity index (χ1) is 12.3. The number of thiophene rings is 1. The van der Waals surface area contributed by atoms with Gasteiger partial charge in [0.1, 0.15) is 4.83 Å². The van der Waals surface area contributed by atoms with Gasteiger partial charge in [0.05, 0.1) is 10.4 Å². The van der Waals surface area contributed by atoms with Crippen molar-refractivity contribution in [3.05, 3.63) is 59.5 Å². The molecule has 5 nitrogen and oxygen atoms in total. The first-order valence-corrected chi connectivity index (χ1v) is 8.58. The van der Waals surface area contributed by atoms with E-state index in [1.807, 2.05) is 30.3 Å². The van der Waals surface area contributed by atoms with Crippen molar-refractivity contribution in [1.82, 2.24) is 4.98 Å². The molecule has 0 atom stereocenters. The van der Waals surface area contributed by atoms with E-state index in [1.54, 1.807) is 18.2 Å². The fourth-order valence-corrected chi connectivity index (χ4v) is 3.77. The lowest BCUT2D eigenvalue weighted by Crippen LogP contribution is -2.09. The van der Waals surface area contributed by atoms with E-state index in [1.165, 1.54) is 11.3 Å². The van der Waals surface area contributed by atoms with Gasteiger partial charge >= 0.3 is 0 Å². The van der Waals surface area contributed by atoms with Crippen LogP contribution in [0.5, 0.6) is 11.5 Å². The van der Waals surface area contributed by atoms with Crippen molar-refractivity contribution in [3.63, 3.8) is 0 Å². The van der Waals surface area contributed by atoms with Crippen molar-refractivity contribution in [2.75, 3.05) is 12.1 Å². The van der Waals surface area contributed by atoms with Gasteiger partial charge in [-0.25, -0.2) is 4.98 Å². The molecule has 2 aromatic carbocycles. The van der Waals surface area contributed by atoms with Crippen molar-refractivity contribution in [2.45, 2.75) is 0 Å². The zero-order chi connectivity index (χ0) is 16.8. The number of amides is 1. The summed E-state index contributed by atoms with van der Waals surface area (Å²) in [5.41, 5.74) is 1.60. The van der Waals surface area contributed by atoms with Crippen LogP contribution in [0.3, 0.4) is 0 Å². The van der Waals surface area contributed by atoms with Crippen LogP contribution in [-0.4, -0.2) is 17.7 Å². The summed E-state index contributed by atoms with van der Waals surface area (Å²) in [6, 6.07) is 17.2. The fraction of sp³-hybridized carbons (Fsp3) is 0.0526. The molecule has 3 heterocycles. The lowest BCUT2D eigenvalue weighted by Gasteiger charge is -2.04. The number of pyridine rings is 1. The van der Waals surface area contributed by atoms with Gasteiger partial charge in [0, 0.05) is 22.5 Å². The summed E-state index contributed by atoms with van der Waals surface area (Å²) < 4.78 is 10.6. The molecule has 0 bridgehead atoms. The average molecular weight is 348 g/mol. The van der Waals surface area contributed by atoms with Crippen LogP contribution in [0.1, 0.15) is 9.67 Å². The molecule has 25 heavy (non-hydrogen) atoms. The zero-order valence-corrected chi connectivity index (χ0v) is 13.8. The van der Waals surface area contributed by atoms with Gasteiger partial charge in [-0.3, -0.25) is 4.79 Å². The minimum atomic E-state index is -0.161. The molecule has 4 aromatic rings. The number of anilines is 1. The normalized spacial score (nSPS) is 12.6. The molecular weight excluding hydrogens is 336 g/mol. The second-order valence-electron chi connectivity index (χ2n) is 5.71. The van der Waals surface area contributed by atoms with Gasteiger partial charge in [0.25, 0.3) is 5.91 Å². The molecule has 0 spiro atoms. The molecule has 1 N–H and O–H groups in total. The van der Waals surface area contributed by atoms with Crippen molar-refractivity contribution in [3.8, 4) is 11.5 Å². The average Bonchev–Trinajstić information content (AvgIpc) is 3.25. The number of benzene rings is 2. The maximum Gasteiger partial charge on any atom is 0.265 e. The highest BCUT2D eigenvalue weighted by atomic mass is 32.1. The molecule has 122 valence electrons. The Morgan fingerprint density at radius 2 is 1.88 bits per heavy atom. The maximum atomic E-state index is 12.6. The van der Waals surface area contributed by atoms with Crippen molar-refractivity contribution in [1.29, 1.82) is 0 Å². The number of nitrogens with zero attached hydrogens (tertiary/aromatic N) is 1. The number of carbonyl (C=O) groups is 1. The molecule has 1 amide bonds. The first-order valence-electron chi connectivity index (χ1n) is 7.77. The van der Waals surface area contributed by atoms with Crippen LogP contribution < -0.4 is 14.8 Å². The van der Waals surface area contributed by atoms with Gasteiger partial charge in [0.15, 0.2) is 11.5 Å². The minimum absolute atomic E-state index is 0.161. The Balaban J connectivity index is 1.47. The number of carbonyl (C=O) groups excluding carboxylic acids is 1. The summed E-state index contributed by atoms with van der Waals surface area (Å²) in [5, 5.41) is 4.94. The van der Waals surface area contributed by atoms with E-state index in [4.69, 9.17) is 9.47 Å². The Morgan fingerprint density at radius 1 is 1.00 bits per heavy atom. The predicted octanol–water partition coefficient (Wildman–Crippen LogP) is 4.43. The zero-order valence-electron chi connectivity index (χ0n) is 13.0. The number of nitrogens with one attached hydrogen (secondary N) is 1. The monoisotopic (exact) mass is 348 g/mol. The smallest absolute Gasteiger partial charge is 0.265 e. The molecule has 0 fully saturated rings. The van der Waals surface area contributed by atoms with E-state index in [0.717, 1.165) is 21.1 Å². The second-order valence-corrected chi connectivity index (χ2v) is 6.74. The van der Waals surface area contributed by atoms with Crippen LogP contribution in [0.4, 0.5) is 5.69 Å². The van der Waals surface area contributed by atoms with E-state index < -0.39 is 0 Å². The van der Waals surface area contributed by atoms with Gasteiger partial charge in [-0.05, 0) is 30.3 Å². The quantitative estimate of drug-likeness (QED) is 0.582. The molecule has 6 heteroatoms. The molecule has 0 radical (unpaired) electrons. The second kappa shape index (κ2) is 5.46. The number of ether oxygens (including phenoxy) is 2. The van der Waals surface area contributed by atoms with Gasteiger partial charge in [-0.2, -0.15) is 0 Å². The third-order valence-corrected chi connectivity index (χ3v) is 5.11. The lowest BCUT2D eigenvalue weighted by atomic mass is 10.2. The number of hydrogen-bond donors (Lipinski definition) is 1. The van der Waals surface area contributed by atoms with Crippen LogP contribution >= 0.6 is 11.3 Å². The van der Waals surface area contributed by atoms with Crippen LogP contribution in [0, 0.1) is 0 Å². The molecule has 1 aliphatic rings. The predicted molar refractivity (Wildman–Crippen MR) is 97.6 cm³/mol. The summed E-state index contributed by atoms with van der Waals surface area (Å²) in [4.78, 5) is 18.7. The Hall–Kier alpha value is -3.12. The number of rotatable bonds is 2. The highest BCUT2D eigenvalue weighted by Gasteiger charge is 2.16. The largest absolute Gasteiger partial charge is 0.454 e. The number of para-hydroxylation sites is 1. The molecule has 5 rings (SSSR count). The van der Waals surface area contributed by atoms with Gasteiger partial charge in [-0.15, -0.1) is 11.3 Å². The molecular formula is C19H12N2O3S.